The third-order valence-electron chi connectivity index (χ3n) is 2.45. The number of hydrogen-bond donors (Lipinski definition) is 2. The molecule has 2 aromatic heterocycles. The highest BCUT2D eigenvalue weighted by Crippen LogP contribution is 2.10. The number of H-pyrrole nitrogens is 1. The summed E-state index contributed by atoms with van der Waals surface area (Å²) < 4.78 is 0. The quantitative estimate of drug-likeness (QED) is 0.811. The largest absolute Gasteiger partial charge is 0.369 e. The molecule has 16 heavy (non-hydrogen) atoms. The molecule has 0 fully saturated rings. The fraction of sp³-hybridized carbons (Fsp3) is 0.364. The highest BCUT2D eigenvalue weighted by Gasteiger charge is 2.04. The number of pyridine rings is 1. The summed E-state index contributed by atoms with van der Waals surface area (Å²) in [6.07, 6.45) is 4.90. The van der Waals surface area contributed by atoms with Crippen LogP contribution in [0.2, 0.25) is 0 Å². The normalized spacial score (nSPS) is 10.8. The maximum Gasteiger partial charge on any atom is 0.261 e. The molecule has 0 aliphatic rings. The lowest BCUT2D eigenvalue weighted by atomic mass is 10.1. The van der Waals surface area contributed by atoms with Crippen molar-refractivity contribution < 1.29 is 0 Å². The van der Waals surface area contributed by atoms with Crippen LogP contribution < -0.4 is 11.3 Å². The Morgan fingerprint density at radius 2 is 2.31 bits per heavy atom. The second-order valence-electron chi connectivity index (χ2n) is 3.77. The van der Waals surface area contributed by atoms with E-state index in [9.17, 15) is 4.79 Å². The number of nitrogens with one attached hydrogen (secondary N) is 1. The van der Waals surface area contributed by atoms with Gasteiger partial charge in [-0.2, -0.15) is 4.98 Å². The van der Waals surface area contributed by atoms with E-state index < -0.39 is 0 Å². The van der Waals surface area contributed by atoms with Crippen molar-refractivity contribution in [2.75, 3.05) is 5.73 Å². The van der Waals surface area contributed by atoms with Crippen LogP contribution in [-0.2, 0) is 6.42 Å². The van der Waals surface area contributed by atoms with Gasteiger partial charge in [-0.15, -0.1) is 0 Å². The van der Waals surface area contributed by atoms with Crippen molar-refractivity contribution in [3.05, 3.63) is 28.2 Å². The molecule has 0 saturated heterocycles. The standard InChI is InChI=1S/C11H14N4O/c1-2-3-4-7-5-8-9(13-6-7)14-11(12)15-10(8)16/h5-6H,2-4H2,1H3,(H3,12,13,14,15,16). The molecule has 2 aromatic rings. The zero-order chi connectivity index (χ0) is 11.5. The monoisotopic (exact) mass is 218 g/mol. The Morgan fingerprint density at radius 3 is 3.06 bits per heavy atom. The predicted octanol–water partition coefficient (Wildman–Crippen LogP) is 1.24. The van der Waals surface area contributed by atoms with Crippen LogP contribution in [0.5, 0.6) is 0 Å². The molecule has 0 aromatic carbocycles. The van der Waals surface area contributed by atoms with Gasteiger partial charge in [0.15, 0.2) is 5.65 Å². The average Bonchev–Trinajstić information content (AvgIpc) is 2.26. The first-order chi connectivity index (χ1) is 7.70. The molecule has 5 nitrogen and oxygen atoms in total. The fourth-order valence-electron chi connectivity index (χ4n) is 1.60. The number of aryl methyl sites for hydroxylation is 1. The molecule has 5 heteroatoms. The van der Waals surface area contributed by atoms with Gasteiger partial charge in [-0.25, -0.2) is 4.98 Å². The number of nitrogen functional groups attached to an aromatic ring is 1. The molecule has 0 amide bonds. The first-order valence-electron chi connectivity index (χ1n) is 5.35. The van der Waals surface area contributed by atoms with E-state index in [4.69, 9.17) is 5.73 Å². The summed E-state index contributed by atoms with van der Waals surface area (Å²) >= 11 is 0. The maximum absolute atomic E-state index is 11.6. The van der Waals surface area contributed by atoms with Gasteiger partial charge in [0.05, 0.1) is 5.39 Å². The van der Waals surface area contributed by atoms with Crippen LogP contribution in [0.3, 0.4) is 0 Å². The van der Waals surface area contributed by atoms with E-state index in [1.807, 2.05) is 6.07 Å². The van der Waals surface area contributed by atoms with E-state index in [0.717, 1.165) is 24.8 Å². The van der Waals surface area contributed by atoms with Crippen molar-refractivity contribution in [2.45, 2.75) is 26.2 Å². The predicted molar refractivity (Wildman–Crippen MR) is 63.2 cm³/mol. The molecule has 0 atom stereocenters. The van der Waals surface area contributed by atoms with Crippen molar-refractivity contribution in [2.24, 2.45) is 0 Å². The number of anilines is 1. The van der Waals surface area contributed by atoms with Crippen LogP contribution in [0, 0.1) is 0 Å². The lowest BCUT2D eigenvalue weighted by Gasteiger charge is -2.01. The van der Waals surface area contributed by atoms with Crippen LogP contribution in [0.15, 0.2) is 17.1 Å². The second-order valence-corrected chi connectivity index (χ2v) is 3.77. The number of nitrogens with two attached hydrogens (primary N) is 1. The molecule has 0 aliphatic carbocycles. The number of aromatic nitrogens is 3. The van der Waals surface area contributed by atoms with E-state index in [0.29, 0.717) is 11.0 Å². The number of rotatable bonds is 3. The summed E-state index contributed by atoms with van der Waals surface area (Å²) in [5.41, 5.74) is 6.67. The molecule has 0 unspecified atom stereocenters. The number of fused-ring (bicyclic) bond motifs is 1. The van der Waals surface area contributed by atoms with E-state index in [-0.39, 0.29) is 11.5 Å². The van der Waals surface area contributed by atoms with Crippen molar-refractivity contribution in [1.29, 1.82) is 0 Å². The molecular formula is C11H14N4O. The summed E-state index contributed by atoms with van der Waals surface area (Å²) in [5, 5.41) is 0.503. The maximum atomic E-state index is 11.6. The minimum Gasteiger partial charge on any atom is -0.369 e. The van der Waals surface area contributed by atoms with Crippen molar-refractivity contribution >= 4 is 17.0 Å². The topological polar surface area (TPSA) is 84.7 Å². The Hall–Kier alpha value is -1.91. The molecule has 0 bridgehead atoms. The lowest BCUT2D eigenvalue weighted by Crippen LogP contribution is -2.12. The van der Waals surface area contributed by atoms with E-state index in [1.165, 1.54) is 0 Å². The van der Waals surface area contributed by atoms with Crippen LogP contribution in [0.1, 0.15) is 25.3 Å². The molecule has 3 N–H and O–H groups in total. The Labute approximate surface area is 92.7 Å². The minimum absolute atomic E-state index is 0.103. The Balaban J connectivity index is 2.49. The number of hydrogen-bond acceptors (Lipinski definition) is 4. The zero-order valence-electron chi connectivity index (χ0n) is 9.16. The Bertz CT molecular complexity index is 561. The number of aromatic amines is 1. The first kappa shape index (κ1) is 10.6. The molecule has 0 radical (unpaired) electrons. The van der Waals surface area contributed by atoms with Crippen LogP contribution in [0.25, 0.3) is 11.0 Å². The Morgan fingerprint density at radius 1 is 1.50 bits per heavy atom. The van der Waals surface area contributed by atoms with Crippen LogP contribution >= 0.6 is 0 Å². The first-order valence-corrected chi connectivity index (χ1v) is 5.35. The number of unbranched alkanes of at least 4 members (excludes halogenated alkanes) is 1. The summed E-state index contributed by atoms with van der Waals surface area (Å²) in [6, 6.07) is 1.84. The number of nitrogens with zero attached hydrogens (tertiary/aromatic N) is 2. The molecule has 0 saturated carbocycles. The van der Waals surface area contributed by atoms with Crippen molar-refractivity contribution in [3.8, 4) is 0 Å². The van der Waals surface area contributed by atoms with Gasteiger partial charge in [0.2, 0.25) is 5.95 Å². The molecule has 0 spiro atoms. The van der Waals surface area contributed by atoms with E-state index in [2.05, 4.69) is 21.9 Å². The molecule has 2 rings (SSSR count). The van der Waals surface area contributed by atoms with Gasteiger partial charge in [-0.05, 0) is 24.5 Å². The van der Waals surface area contributed by atoms with Crippen LogP contribution in [0.4, 0.5) is 5.95 Å². The fourth-order valence-corrected chi connectivity index (χ4v) is 1.60. The third kappa shape index (κ3) is 2.03. The van der Waals surface area contributed by atoms with Gasteiger partial charge in [-0.3, -0.25) is 9.78 Å². The molecule has 2 heterocycles. The zero-order valence-corrected chi connectivity index (χ0v) is 9.16. The van der Waals surface area contributed by atoms with Crippen LogP contribution in [-0.4, -0.2) is 15.0 Å². The minimum atomic E-state index is -0.228. The van der Waals surface area contributed by atoms with Gasteiger partial charge in [0.1, 0.15) is 0 Å². The molecular weight excluding hydrogens is 204 g/mol. The highest BCUT2D eigenvalue weighted by atomic mass is 16.1. The van der Waals surface area contributed by atoms with Gasteiger partial charge < -0.3 is 5.73 Å². The average molecular weight is 218 g/mol. The SMILES string of the molecule is CCCCc1cnc2nc(N)[nH]c(=O)c2c1. The van der Waals surface area contributed by atoms with Gasteiger partial charge >= 0.3 is 0 Å². The van der Waals surface area contributed by atoms with Gasteiger partial charge in [0, 0.05) is 6.20 Å². The van der Waals surface area contributed by atoms with Gasteiger partial charge in [-0.1, -0.05) is 13.3 Å². The lowest BCUT2D eigenvalue weighted by molar-refractivity contribution is 0.793. The highest BCUT2D eigenvalue weighted by molar-refractivity contribution is 5.74. The third-order valence-corrected chi connectivity index (χ3v) is 2.45. The molecule has 0 aliphatic heterocycles. The smallest absolute Gasteiger partial charge is 0.261 e. The van der Waals surface area contributed by atoms with Crippen molar-refractivity contribution in [1.82, 2.24) is 15.0 Å². The Kier molecular flexibility index (Phi) is 2.85. The summed E-state index contributed by atoms with van der Waals surface area (Å²) in [5.74, 6) is 0.103. The summed E-state index contributed by atoms with van der Waals surface area (Å²) in [7, 11) is 0. The summed E-state index contributed by atoms with van der Waals surface area (Å²) in [6.45, 7) is 2.13. The molecule has 84 valence electrons. The second kappa shape index (κ2) is 4.30. The van der Waals surface area contributed by atoms with Gasteiger partial charge in [0.25, 0.3) is 5.56 Å². The van der Waals surface area contributed by atoms with E-state index in [1.54, 1.807) is 6.20 Å². The summed E-state index contributed by atoms with van der Waals surface area (Å²) in [4.78, 5) is 22.2. The van der Waals surface area contributed by atoms with Crippen molar-refractivity contribution in [3.63, 3.8) is 0 Å². The van der Waals surface area contributed by atoms with E-state index >= 15 is 0 Å².